The maximum Gasteiger partial charge on any atom is 0.224 e. The molecule has 1 fully saturated rings. The maximum absolute atomic E-state index is 12.5. The minimum Gasteiger partial charge on any atom is -0.326 e. The van der Waals surface area contributed by atoms with Crippen LogP contribution in [-0.4, -0.2) is 23.9 Å². The summed E-state index contributed by atoms with van der Waals surface area (Å²) in [4.78, 5) is 14.9. The monoisotopic (exact) mass is 375 g/mol. The number of aryl methyl sites for hydroxylation is 1. The van der Waals surface area contributed by atoms with E-state index in [2.05, 4.69) is 29.4 Å². The second kappa shape index (κ2) is 10.1. The Hall–Kier alpha value is -2.64. The van der Waals surface area contributed by atoms with Gasteiger partial charge in [-0.15, -0.1) is 0 Å². The largest absolute Gasteiger partial charge is 0.326 e. The van der Waals surface area contributed by atoms with Gasteiger partial charge in [0.1, 0.15) is 0 Å². The molecule has 146 valence electrons. The smallest absolute Gasteiger partial charge is 0.224 e. The van der Waals surface area contributed by atoms with E-state index in [1.54, 1.807) is 12.1 Å². The molecule has 1 N–H and O–H groups in total. The van der Waals surface area contributed by atoms with Crippen LogP contribution >= 0.6 is 0 Å². The number of hydrogen-bond donors (Lipinski definition) is 1. The van der Waals surface area contributed by atoms with E-state index in [-0.39, 0.29) is 5.91 Å². The second-order valence-corrected chi connectivity index (χ2v) is 7.72. The number of anilines is 1. The summed E-state index contributed by atoms with van der Waals surface area (Å²) in [5.41, 5.74) is 3.79. The summed E-state index contributed by atoms with van der Waals surface area (Å²) in [6.45, 7) is 0.858. The van der Waals surface area contributed by atoms with Crippen molar-refractivity contribution in [1.82, 2.24) is 4.90 Å². The van der Waals surface area contributed by atoms with Crippen LogP contribution in [0.25, 0.3) is 0 Å². The molecule has 2 aromatic rings. The van der Waals surface area contributed by atoms with Crippen molar-refractivity contribution in [1.29, 1.82) is 5.26 Å². The summed E-state index contributed by atoms with van der Waals surface area (Å²) in [5.74, 6) is 0.0251. The second-order valence-electron chi connectivity index (χ2n) is 7.72. The number of para-hydroxylation sites is 1. The zero-order valence-corrected chi connectivity index (χ0v) is 16.7. The molecule has 2 aromatic carbocycles. The normalized spacial score (nSPS) is 14.6. The van der Waals surface area contributed by atoms with E-state index in [4.69, 9.17) is 5.26 Å². The molecule has 0 heterocycles. The lowest BCUT2D eigenvalue weighted by molar-refractivity contribution is -0.116. The number of nitrogens with zero attached hydrogens (tertiary/aromatic N) is 2. The molecule has 4 heteroatoms. The Morgan fingerprint density at radius 3 is 2.54 bits per heavy atom. The highest BCUT2D eigenvalue weighted by molar-refractivity contribution is 5.91. The third-order valence-electron chi connectivity index (χ3n) is 5.63. The van der Waals surface area contributed by atoms with Gasteiger partial charge >= 0.3 is 0 Å². The number of carbonyl (C=O) groups is 1. The third kappa shape index (κ3) is 5.68. The number of nitriles is 1. The molecule has 1 aliphatic rings. The lowest BCUT2D eigenvalue weighted by atomic mass is 9.94. The summed E-state index contributed by atoms with van der Waals surface area (Å²) in [6.07, 6.45) is 7.65. The van der Waals surface area contributed by atoms with Gasteiger partial charge in [0.25, 0.3) is 0 Å². The Morgan fingerprint density at radius 2 is 1.82 bits per heavy atom. The van der Waals surface area contributed by atoms with E-state index < -0.39 is 0 Å². The Balaban J connectivity index is 1.55. The van der Waals surface area contributed by atoms with Crippen molar-refractivity contribution < 1.29 is 4.79 Å². The number of hydrogen-bond acceptors (Lipinski definition) is 3. The van der Waals surface area contributed by atoms with E-state index in [1.165, 1.54) is 37.7 Å². The minimum atomic E-state index is 0.0251. The molecular formula is C24H29N3O. The molecule has 1 saturated carbocycles. The quantitative estimate of drug-likeness (QED) is 0.749. The van der Waals surface area contributed by atoms with Crippen molar-refractivity contribution in [2.24, 2.45) is 0 Å². The predicted octanol–water partition coefficient (Wildman–Crippen LogP) is 4.89. The van der Waals surface area contributed by atoms with Crippen molar-refractivity contribution in [3.63, 3.8) is 0 Å². The molecule has 1 aliphatic carbocycles. The van der Waals surface area contributed by atoms with Crippen molar-refractivity contribution >= 4 is 11.6 Å². The van der Waals surface area contributed by atoms with Gasteiger partial charge in [-0.25, -0.2) is 0 Å². The van der Waals surface area contributed by atoms with Gasteiger partial charge in [-0.3, -0.25) is 9.69 Å². The van der Waals surface area contributed by atoms with Crippen LogP contribution in [0.2, 0.25) is 0 Å². The Morgan fingerprint density at radius 1 is 1.11 bits per heavy atom. The average molecular weight is 376 g/mol. The molecule has 3 rings (SSSR count). The third-order valence-corrected chi connectivity index (χ3v) is 5.63. The predicted molar refractivity (Wildman–Crippen MR) is 113 cm³/mol. The topological polar surface area (TPSA) is 56.1 Å². The fourth-order valence-corrected chi connectivity index (χ4v) is 3.92. The lowest BCUT2D eigenvalue weighted by Crippen LogP contribution is -2.33. The Bertz CT molecular complexity index is 816. The van der Waals surface area contributed by atoms with Gasteiger partial charge < -0.3 is 5.32 Å². The fourth-order valence-electron chi connectivity index (χ4n) is 3.92. The van der Waals surface area contributed by atoms with Crippen LogP contribution in [0.15, 0.2) is 48.5 Å². The summed E-state index contributed by atoms with van der Waals surface area (Å²) in [5, 5.41) is 12.0. The van der Waals surface area contributed by atoms with E-state index in [1.807, 2.05) is 30.3 Å². The average Bonchev–Trinajstić information content (AvgIpc) is 2.74. The number of amides is 1. The first-order valence-electron chi connectivity index (χ1n) is 10.2. The highest BCUT2D eigenvalue weighted by Gasteiger charge is 2.19. The van der Waals surface area contributed by atoms with Gasteiger partial charge in [-0.05, 0) is 55.6 Å². The number of carbonyl (C=O) groups excluding carboxylic acids is 1. The first-order chi connectivity index (χ1) is 13.7. The molecule has 0 aliphatic heterocycles. The Kier molecular flexibility index (Phi) is 7.22. The van der Waals surface area contributed by atoms with Gasteiger partial charge in [0, 0.05) is 24.7 Å². The molecule has 0 saturated heterocycles. The van der Waals surface area contributed by atoms with Crippen molar-refractivity contribution in [2.75, 3.05) is 12.4 Å². The molecular weight excluding hydrogens is 346 g/mol. The number of rotatable bonds is 7. The van der Waals surface area contributed by atoms with Gasteiger partial charge in [0.05, 0.1) is 11.6 Å². The SMILES string of the molecule is CN(Cc1ccccc1NC(=O)CCc1ccc(C#N)cc1)C1CCCCC1. The molecule has 0 atom stereocenters. The molecule has 0 spiro atoms. The van der Waals surface area contributed by atoms with Crippen molar-refractivity contribution in [3.8, 4) is 6.07 Å². The van der Waals surface area contributed by atoms with Crippen molar-refractivity contribution in [3.05, 3.63) is 65.2 Å². The van der Waals surface area contributed by atoms with Crippen LogP contribution in [0.5, 0.6) is 0 Å². The highest BCUT2D eigenvalue weighted by atomic mass is 16.1. The van der Waals surface area contributed by atoms with E-state index in [9.17, 15) is 4.79 Å². The summed E-state index contributed by atoms with van der Waals surface area (Å²) in [6, 6.07) is 18.3. The van der Waals surface area contributed by atoms with Crippen LogP contribution in [0.1, 0.15) is 55.2 Å². The molecule has 0 bridgehead atoms. The molecule has 0 aromatic heterocycles. The number of nitrogens with one attached hydrogen (secondary N) is 1. The van der Waals surface area contributed by atoms with E-state index >= 15 is 0 Å². The fraction of sp³-hybridized carbons (Fsp3) is 0.417. The zero-order valence-electron chi connectivity index (χ0n) is 16.7. The van der Waals surface area contributed by atoms with Crippen LogP contribution < -0.4 is 5.32 Å². The lowest BCUT2D eigenvalue weighted by Gasteiger charge is -2.31. The van der Waals surface area contributed by atoms with Gasteiger partial charge in [-0.1, -0.05) is 49.6 Å². The van der Waals surface area contributed by atoms with E-state index in [0.29, 0.717) is 24.4 Å². The van der Waals surface area contributed by atoms with Crippen LogP contribution in [0.3, 0.4) is 0 Å². The van der Waals surface area contributed by atoms with Gasteiger partial charge in [-0.2, -0.15) is 5.26 Å². The van der Waals surface area contributed by atoms with Crippen LogP contribution in [-0.2, 0) is 17.8 Å². The molecule has 0 radical (unpaired) electrons. The standard InChI is InChI=1S/C24H29N3O/c1-27(22-8-3-2-4-9-22)18-21-7-5-6-10-23(21)26-24(28)16-15-19-11-13-20(17-25)14-12-19/h5-7,10-14,22H,2-4,8-9,15-16,18H2,1H3,(H,26,28). The minimum absolute atomic E-state index is 0.0251. The summed E-state index contributed by atoms with van der Waals surface area (Å²) in [7, 11) is 2.19. The van der Waals surface area contributed by atoms with Crippen molar-refractivity contribution in [2.45, 2.75) is 57.5 Å². The summed E-state index contributed by atoms with van der Waals surface area (Å²) < 4.78 is 0. The summed E-state index contributed by atoms with van der Waals surface area (Å²) >= 11 is 0. The molecule has 4 nitrogen and oxygen atoms in total. The van der Waals surface area contributed by atoms with Crippen LogP contribution in [0, 0.1) is 11.3 Å². The van der Waals surface area contributed by atoms with E-state index in [0.717, 1.165) is 17.8 Å². The zero-order chi connectivity index (χ0) is 19.8. The molecule has 1 amide bonds. The molecule has 28 heavy (non-hydrogen) atoms. The first-order valence-corrected chi connectivity index (χ1v) is 10.2. The van der Waals surface area contributed by atoms with Gasteiger partial charge in [0.15, 0.2) is 0 Å². The highest BCUT2D eigenvalue weighted by Crippen LogP contribution is 2.25. The maximum atomic E-state index is 12.5. The van der Waals surface area contributed by atoms with Gasteiger partial charge in [0.2, 0.25) is 5.91 Å². The first kappa shape index (κ1) is 20.1. The van der Waals surface area contributed by atoms with Crippen LogP contribution in [0.4, 0.5) is 5.69 Å². The molecule has 0 unspecified atom stereocenters. The number of benzene rings is 2. The Labute approximate surface area is 168 Å².